The van der Waals surface area contributed by atoms with Crippen molar-refractivity contribution in [3.63, 3.8) is 0 Å². The first-order valence-corrected chi connectivity index (χ1v) is 18.3. The van der Waals surface area contributed by atoms with Crippen LogP contribution in [0.5, 0.6) is 5.75 Å². The van der Waals surface area contributed by atoms with E-state index in [9.17, 15) is 19.2 Å². The third kappa shape index (κ3) is 13.0. The van der Waals surface area contributed by atoms with Crippen LogP contribution in [-0.2, 0) is 35.0 Å². The Morgan fingerprint density at radius 1 is 0.843 bits per heavy atom. The van der Waals surface area contributed by atoms with Crippen molar-refractivity contribution in [1.29, 1.82) is 0 Å². The molecule has 2 atom stereocenters. The van der Waals surface area contributed by atoms with E-state index in [1.165, 1.54) is 0 Å². The summed E-state index contributed by atoms with van der Waals surface area (Å²) in [5, 5.41) is 13.1. The maximum absolute atomic E-state index is 13.5. The molecular formula is C35H48ClN5O8S2. The Kier molecular flexibility index (Phi) is 18.6. The lowest BCUT2D eigenvalue weighted by Gasteiger charge is -2.18. The Morgan fingerprint density at radius 3 is 2.08 bits per heavy atom. The second kappa shape index (κ2) is 22.6. The van der Waals surface area contributed by atoms with Crippen LogP contribution in [0.1, 0.15) is 28.5 Å². The van der Waals surface area contributed by atoms with Crippen LogP contribution in [0, 0.1) is 6.92 Å². The molecule has 0 aliphatic rings. The van der Waals surface area contributed by atoms with E-state index in [2.05, 4.69) is 46.5 Å². The molecule has 1 aromatic heterocycles. The van der Waals surface area contributed by atoms with Gasteiger partial charge in [-0.3, -0.25) is 23.7 Å². The molecule has 13 nitrogen and oxygen atoms in total. The van der Waals surface area contributed by atoms with Gasteiger partial charge in [-0.2, -0.15) is 25.3 Å². The van der Waals surface area contributed by atoms with Gasteiger partial charge in [0.2, 0.25) is 11.8 Å². The zero-order chi connectivity index (χ0) is 37.2. The Morgan fingerprint density at radius 2 is 1.47 bits per heavy atom. The van der Waals surface area contributed by atoms with E-state index < -0.39 is 12.1 Å². The maximum Gasteiger partial charge on any atom is 0.323 e. The maximum atomic E-state index is 13.5. The van der Waals surface area contributed by atoms with E-state index in [1.807, 2.05) is 19.1 Å². The van der Waals surface area contributed by atoms with Crippen LogP contribution in [-0.4, -0.2) is 118 Å². The van der Waals surface area contributed by atoms with Crippen LogP contribution in [0.25, 0.3) is 10.9 Å². The predicted octanol–water partition coefficient (Wildman–Crippen LogP) is 2.45. The van der Waals surface area contributed by atoms with E-state index in [-0.39, 0.29) is 36.7 Å². The lowest BCUT2D eigenvalue weighted by Crippen LogP contribution is -2.49. The van der Waals surface area contributed by atoms with Crippen LogP contribution >= 0.6 is 36.9 Å². The van der Waals surface area contributed by atoms with Crippen molar-refractivity contribution in [2.45, 2.75) is 32.4 Å². The Labute approximate surface area is 314 Å². The quantitative estimate of drug-likeness (QED) is 0.0482. The lowest BCUT2D eigenvalue weighted by molar-refractivity contribution is -0.145. The van der Waals surface area contributed by atoms with Gasteiger partial charge in [-0.15, -0.1) is 0 Å². The number of aromatic nitrogens is 1. The highest BCUT2D eigenvalue weighted by molar-refractivity contribution is 7.80. The molecule has 16 heteroatoms. The number of nitrogens with zero attached hydrogens (tertiary/aromatic N) is 1. The number of ether oxygens (including phenoxy) is 4. The Balaban J connectivity index is 1.34. The molecule has 0 spiro atoms. The van der Waals surface area contributed by atoms with Gasteiger partial charge in [0, 0.05) is 59.4 Å². The highest BCUT2D eigenvalue weighted by atomic mass is 35.5. The molecule has 0 bridgehead atoms. The average Bonchev–Trinajstić information content (AvgIpc) is 3.39. The number of benzene rings is 2. The minimum atomic E-state index is -0.514. The molecule has 0 aliphatic carbocycles. The third-order valence-electron chi connectivity index (χ3n) is 7.82. The molecule has 3 rings (SSSR count). The van der Waals surface area contributed by atoms with Crippen LogP contribution in [0.15, 0.2) is 42.5 Å². The standard InChI is InChI=1S/C35H48ClN5O8S2/c1-4-49-35(45)30(22-51)38-12-11-37-29(21-50)33(43)40-14-16-48-18-17-47-15-13-39-32(42)20-27-23(2)41(31-10-9-26(46-3)19-28(27)31)34(44)24-5-7-25(36)8-6-24/h5-10,19,29-30,37-38,50-51H,4,11-18,20-22H2,1-3H3,(H,39,42)(H,40,43)/t29-,30-/m1/s1. The number of hydrogen-bond donors (Lipinski definition) is 6. The lowest BCUT2D eigenvalue weighted by atomic mass is 10.1. The second-order valence-electron chi connectivity index (χ2n) is 11.3. The van der Waals surface area contributed by atoms with Crippen LogP contribution in [0.2, 0.25) is 5.02 Å². The summed E-state index contributed by atoms with van der Waals surface area (Å²) < 4.78 is 23.1. The van der Waals surface area contributed by atoms with E-state index >= 15 is 0 Å². The van der Waals surface area contributed by atoms with Crippen molar-refractivity contribution in [2.24, 2.45) is 0 Å². The second-order valence-corrected chi connectivity index (χ2v) is 12.4. The number of carbonyl (C=O) groups excluding carboxylic acids is 4. The van der Waals surface area contributed by atoms with Gasteiger partial charge < -0.3 is 40.2 Å². The van der Waals surface area contributed by atoms with Gasteiger partial charge in [-0.1, -0.05) is 11.6 Å². The fraction of sp³-hybridized carbons (Fsp3) is 0.486. The SMILES string of the molecule is CCOC(=O)[C@@H](CS)NCCN[C@H](CS)C(=O)NCCOCCOCCNC(=O)Cc1c(C)n(C(=O)c2ccc(Cl)cc2)c2ccc(OC)cc12. The van der Waals surface area contributed by atoms with Crippen LogP contribution in [0.4, 0.5) is 0 Å². The number of hydrogen-bond acceptors (Lipinski definition) is 12. The minimum absolute atomic E-state index is 0.0672. The summed E-state index contributed by atoms with van der Waals surface area (Å²) in [5.41, 5.74) is 2.55. The zero-order valence-electron chi connectivity index (χ0n) is 29.2. The molecule has 4 N–H and O–H groups in total. The Bertz CT molecular complexity index is 1590. The molecule has 2 amide bonds. The normalized spacial score (nSPS) is 12.4. The van der Waals surface area contributed by atoms with Gasteiger partial charge in [0.05, 0.1) is 58.1 Å². The minimum Gasteiger partial charge on any atom is -0.497 e. The molecule has 2 aromatic carbocycles. The molecule has 0 saturated carbocycles. The molecule has 1 heterocycles. The highest BCUT2D eigenvalue weighted by Gasteiger charge is 2.22. The molecule has 0 aliphatic heterocycles. The first-order valence-electron chi connectivity index (χ1n) is 16.7. The van der Waals surface area contributed by atoms with Crippen molar-refractivity contribution in [3.05, 3.63) is 64.3 Å². The molecule has 0 radical (unpaired) electrons. The third-order valence-corrected chi connectivity index (χ3v) is 8.80. The molecule has 3 aromatic rings. The molecule has 0 fully saturated rings. The number of halogens is 1. The summed E-state index contributed by atoms with van der Waals surface area (Å²) in [6.07, 6.45) is 0.0672. The number of thiol groups is 2. The predicted molar refractivity (Wildman–Crippen MR) is 204 cm³/mol. The van der Waals surface area contributed by atoms with Crippen molar-refractivity contribution in [3.8, 4) is 5.75 Å². The smallest absolute Gasteiger partial charge is 0.323 e. The fourth-order valence-electron chi connectivity index (χ4n) is 5.17. The molecule has 0 unspecified atom stereocenters. The largest absolute Gasteiger partial charge is 0.497 e. The van der Waals surface area contributed by atoms with Crippen LogP contribution < -0.4 is 26.0 Å². The molecular weight excluding hydrogens is 718 g/mol. The van der Waals surface area contributed by atoms with Crippen molar-refractivity contribution in [1.82, 2.24) is 25.8 Å². The summed E-state index contributed by atoms with van der Waals surface area (Å²) in [6, 6.07) is 11.1. The Hall–Kier alpha value is -3.31. The van der Waals surface area contributed by atoms with Gasteiger partial charge in [-0.25, -0.2) is 0 Å². The van der Waals surface area contributed by atoms with Gasteiger partial charge >= 0.3 is 5.97 Å². The molecule has 280 valence electrons. The van der Waals surface area contributed by atoms with Crippen LogP contribution in [0.3, 0.4) is 0 Å². The zero-order valence-corrected chi connectivity index (χ0v) is 31.7. The first kappa shape index (κ1) is 42.1. The summed E-state index contributed by atoms with van der Waals surface area (Å²) in [7, 11) is 1.57. The number of amides is 2. The number of rotatable bonds is 23. The van der Waals surface area contributed by atoms with E-state index in [1.54, 1.807) is 48.9 Å². The topological polar surface area (TPSA) is 158 Å². The highest BCUT2D eigenvalue weighted by Crippen LogP contribution is 2.31. The summed E-state index contributed by atoms with van der Waals surface area (Å²) >= 11 is 14.4. The van der Waals surface area contributed by atoms with E-state index in [0.29, 0.717) is 91.7 Å². The van der Waals surface area contributed by atoms with Gasteiger partial charge in [-0.05, 0) is 61.9 Å². The van der Waals surface area contributed by atoms with Crippen molar-refractivity contribution < 1.29 is 38.1 Å². The summed E-state index contributed by atoms with van der Waals surface area (Å²) in [5.74, 6) is 0.227. The first-order chi connectivity index (χ1) is 24.6. The number of nitrogens with one attached hydrogen (secondary N) is 4. The molecule has 0 saturated heterocycles. The van der Waals surface area contributed by atoms with Crippen molar-refractivity contribution in [2.75, 3.05) is 77.8 Å². The number of carbonyl (C=O) groups is 4. The average molecular weight is 766 g/mol. The number of methoxy groups -OCH3 is 1. The van der Waals surface area contributed by atoms with E-state index in [4.69, 9.17) is 30.5 Å². The number of fused-ring (bicyclic) bond motifs is 1. The van der Waals surface area contributed by atoms with Crippen molar-refractivity contribution >= 4 is 71.5 Å². The summed E-state index contributed by atoms with van der Waals surface area (Å²) in [4.78, 5) is 50.7. The molecule has 51 heavy (non-hydrogen) atoms. The van der Waals surface area contributed by atoms with Gasteiger partial charge in [0.25, 0.3) is 5.91 Å². The monoisotopic (exact) mass is 765 g/mol. The van der Waals surface area contributed by atoms with Gasteiger partial charge in [0.15, 0.2) is 0 Å². The summed E-state index contributed by atoms with van der Waals surface area (Å²) in [6.45, 7) is 6.59. The van der Waals surface area contributed by atoms with E-state index in [0.717, 1.165) is 10.9 Å². The fourth-order valence-corrected chi connectivity index (χ4v) is 5.87. The van der Waals surface area contributed by atoms with Gasteiger partial charge in [0.1, 0.15) is 11.8 Å². The number of esters is 1.